The van der Waals surface area contributed by atoms with Crippen LogP contribution in [0.25, 0.3) is 0 Å². The van der Waals surface area contributed by atoms with Crippen LogP contribution >= 0.6 is 23.7 Å². The molecule has 0 saturated carbocycles. The molecular weight excluding hydrogens is 470 g/mol. The number of oxime groups is 1. The molecule has 0 saturated heterocycles. The third-order valence-electron chi connectivity index (χ3n) is 5.15. The Hall–Kier alpha value is -3.68. The normalized spacial score (nSPS) is 11.4. The highest BCUT2D eigenvalue weighted by Crippen LogP contribution is 2.40. The molecule has 0 bridgehead atoms. The van der Waals surface area contributed by atoms with Crippen molar-refractivity contribution in [1.82, 2.24) is 4.98 Å². The molecule has 4 rings (SSSR count). The number of hydrogen-bond donors (Lipinski definition) is 2. The third kappa shape index (κ3) is 5.11. The summed E-state index contributed by atoms with van der Waals surface area (Å²) in [5, 5.41) is 19.2. The standard InChI is InChI=1S/C26H23N3O3S.ClH/c1-2-32-29-23(24(30)31)22-18-33-25(27-22)28-26(19-12-6-3-7-13-19,20-14-8-4-9-15-20)21-16-10-5-11-17-21;/h3-18H,2H2,1H3,(H,27,28)(H,30,31);1H. The zero-order valence-corrected chi connectivity index (χ0v) is 20.1. The van der Waals surface area contributed by atoms with Gasteiger partial charge in [-0.1, -0.05) is 96.2 Å². The SMILES string of the molecule is CCON=C(C(=O)O)c1csc(NC(c2ccccc2)(c2ccccc2)c2ccccc2)n1.Cl. The molecule has 0 atom stereocenters. The molecule has 0 fully saturated rings. The summed E-state index contributed by atoms with van der Waals surface area (Å²) in [4.78, 5) is 21.2. The van der Waals surface area contributed by atoms with Gasteiger partial charge in [-0.2, -0.15) is 0 Å². The fourth-order valence-corrected chi connectivity index (χ4v) is 4.46. The van der Waals surface area contributed by atoms with Crippen molar-refractivity contribution >= 4 is 40.6 Å². The monoisotopic (exact) mass is 493 g/mol. The second kappa shape index (κ2) is 11.4. The Labute approximate surface area is 208 Å². The number of carboxylic acids is 1. The largest absolute Gasteiger partial charge is 0.476 e. The molecule has 2 N–H and O–H groups in total. The zero-order chi connectivity index (χ0) is 23.1. The Bertz CT molecular complexity index is 1140. The lowest BCUT2D eigenvalue weighted by molar-refractivity contribution is -0.129. The quantitative estimate of drug-likeness (QED) is 0.175. The number of halogens is 1. The van der Waals surface area contributed by atoms with Gasteiger partial charge in [-0.3, -0.25) is 0 Å². The van der Waals surface area contributed by atoms with Crippen molar-refractivity contribution < 1.29 is 14.7 Å². The maximum absolute atomic E-state index is 11.7. The summed E-state index contributed by atoms with van der Waals surface area (Å²) in [6.45, 7) is 2.01. The number of benzene rings is 3. The van der Waals surface area contributed by atoms with Crippen molar-refractivity contribution in [2.75, 3.05) is 11.9 Å². The van der Waals surface area contributed by atoms with E-state index < -0.39 is 11.5 Å². The van der Waals surface area contributed by atoms with Crippen LogP contribution in [0.15, 0.2) is 102 Å². The van der Waals surface area contributed by atoms with Gasteiger partial charge in [0.1, 0.15) is 17.8 Å². The smallest absolute Gasteiger partial charge is 0.360 e. The van der Waals surface area contributed by atoms with Crippen LogP contribution in [0.1, 0.15) is 29.3 Å². The van der Waals surface area contributed by atoms with Gasteiger partial charge in [-0.05, 0) is 23.6 Å². The van der Waals surface area contributed by atoms with Gasteiger partial charge in [0.25, 0.3) is 0 Å². The summed E-state index contributed by atoms with van der Waals surface area (Å²) in [6, 6.07) is 30.4. The van der Waals surface area contributed by atoms with E-state index in [1.54, 1.807) is 12.3 Å². The number of aliphatic carboxylic acids is 1. The van der Waals surface area contributed by atoms with Gasteiger partial charge in [-0.25, -0.2) is 9.78 Å². The first-order valence-electron chi connectivity index (χ1n) is 10.5. The number of rotatable bonds is 9. The van der Waals surface area contributed by atoms with Gasteiger partial charge >= 0.3 is 5.97 Å². The van der Waals surface area contributed by atoms with Gasteiger partial charge in [-0.15, -0.1) is 23.7 Å². The fourth-order valence-electron chi connectivity index (χ4n) is 3.71. The van der Waals surface area contributed by atoms with E-state index in [9.17, 15) is 9.90 Å². The lowest BCUT2D eigenvalue weighted by Gasteiger charge is -2.36. The molecule has 0 aliphatic heterocycles. The van der Waals surface area contributed by atoms with Crippen LogP contribution in [0.4, 0.5) is 5.13 Å². The fraction of sp³-hybridized carbons (Fsp3) is 0.115. The molecule has 6 nitrogen and oxygen atoms in total. The maximum Gasteiger partial charge on any atom is 0.360 e. The van der Waals surface area contributed by atoms with Crippen molar-refractivity contribution in [3.63, 3.8) is 0 Å². The molecule has 0 amide bonds. The van der Waals surface area contributed by atoms with Gasteiger partial charge in [0.15, 0.2) is 5.13 Å². The predicted octanol–water partition coefficient (Wildman–Crippen LogP) is 5.79. The molecule has 4 aromatic rings. The summed E-state index contributed by atoms with van der Waals surface area (Å²) >= 11 is 1.32. The number of nitrogens with zero attached hydrogens (tertiary/aromatic N) is 2. The number of thiazole rings is 1. The van der Waals surface area contributed by atoms with Crippen LogP contribution in [0.5, 0.6) is 0 Å². The van der Waals surface area contributed by atoms with Gasteiger partial charge in [0.05, 0.1) is 0 Å². The summed E-state index contributed by atoms with van der Waals surface area (Å²) < 4.78 is 0. The minimum atomic E-state index is -1.19. The molecule has 1 heterocycles. The van der Waals surface area contributed by atoms with Gasteiger partial charge in [0, 0.05) is 5.38 Å². The highest BCUT2D eigenvalue weighted by molar-refractivity contribution is 7.14. The third-order valence-corrected chi connectivity index (χ3v) is 5.91. The summed E-state index contributed by atoms with van der Waals surface area (Å²) in [5.74, 6) is -1.19. The first-order valence-corrected chi connectivity index (χ1v) is 11.4. The Morgan fingerprint density at radius 2 is 1.41 bits per heavy atom. The van der Waals surface area contributed by atoms with Crippen LogP contribution < -0.4 is 5.32 Å². The van der Waals surface area contributed by atoms with E-state index >= 15 is 0 Å². The average Bonchev–Trinajstić information content (AvgIpc) is 3.32. The minimum absolute atomic E-state index is 0. The zero-order valence-electron chi connectivity index (χ0n) is 18.4. The molecule has 0 radical (unpaired) electrons. The Morgan fingerprint density at radius 3 is 1.82 bits per heavy atom. The molecule has 1 aromatic heterocycles. The summed E-state index contributed by atoms with van der Waals surface area (Å²) in [5.41, 5.74) is 2.35. The van der Waals surface area contributed by atoms with Crippen molar-refractivity contribution in [2.45, 2.75) is 12.5 Å². The van der Waals surface area contributed by atoms with Gasteiger partial charge < -0.3 is 15.3 Å². The first-order chi connectivity index (χ1) is 16.1. The molecule has 0 aliphatic carbocycles. The Morgan fingerprint density at radius 1 is 0.941 bits per heavy atom. The van der Waals surface area contributed by atoms with Crippen molar-refractivity contribution in [1.29, 1.82) is 0 Å². The molecule has 174 valence electrons. The molecule has 3 aromatic carbocycles. The van der Waals surface area contributed by atoms with Crippen molar-refractivity contribution in [3.05, 3.63) is 119 Å². The van der Waals surface area contributed by atoms with E-state index in [-0.39, 0.29) is 30.4 Å². The number of carboxylic acid groups (broad SMARTS) is 1. The van der Waals surface area contributed by atoms with E-state index in [0.29, 0.717) is 5.13 Å². The van der Waals surface area contributed by atoms with Crippen LogP contribution in [-0.2, 0) is 15.2 Å². The molecule has 0 unspecified atom stereocenters. The molecular formula is C26H24ClN3O3S. The molecule has 8 heteroatoms. The van der Waals surface area contributed by atoms with E-state index in [2.05, 4.69) is 51.9 Å². The van der Waals surface area contributed by atoms with E-state index in [4.69, 9.17) is 4.84 Å². The highest BCUT2D eigenvalue weighted by Gasteiger charge is 2.37. The predicted molar refractivity (Wildman–Crippen MR) is 138 cm³/mol. The maximum atomic E-state index is 11.7. The minimum Gasteiger partial charge on any atom is -0.476 e. The number of nitrogens with one attached hydrogen (secondary N) is 1. The van der Waals surface area contributed by atoms with Crippen LogP contribution in [0.2, 0.25) is 0 Å². The average molecular weight is 494 g/mol. The second-order valence-electron chi connectivity index (χ2n) is 7.17. The van der Waals surface area contributed by atoms with Gasteiger partial charge in [0.2, 0.25) is 5.71 Å². The Kier molecular flexibility index (Phi) is 8.40. The van der Waals surface area contributed by atoms with Crippen LogP contribution in [0.3, 0.4) is 0 Å². The lowest BCUT2D eigenvalue weighted by Crippen LogP contribution is -2.38. The van der Waals surface area contributed by atoms with Crippen molar-refractivity contribution in [2.24, 2.45) is 5.16 Å². The van der Waals surface area contributed by atoms with E-state index in [0.717, 1.165) is 16.7 Å². The lowest BCUT2D eigenvalue weighted by atomic mass is 9.77. The van der Waals surface area contributed by atoms with E-state index in [1.165, 1.54) is 11.3 Å². The molecule has 0 aliphatic rings. The number of anilines is 1. The number of carbonyl (C=O) groups is 1. The number of hydrogen-bond acceptors (Lipinski definition) is 6. The molecule has 0 spiro atoms. The Balaban J connectivity index is 0.00000324. The molecule has 34 heavy (non-hydrogen) atoms. The summed E-state index contributed by atoms with van der Waals surface area (Å²) in [6.07, 6.45) is 0. The first kappa shape index (κ1) is 25.0. The second-order valence-corrected chi connectivity index (χ2v) is 8.03. The highest BCUT2D eigenvalue weighted by atomic mass is 35.5. The topological polar surface area (TPSA) is 83.8 Å². The summed E-state index contributed by atoms with van der Waals surface area (Å²) in [7, 11) is 0. The van der Waals surface area contributed by atoms with Crippen molar-refractivity contribution in [3.8, 4) is 0 Å². The van der Waals surface area contributed by atoms with Crippen LogP contribution in [-0.4, -0.2) is 28.4 Å². The van der Waals surface area contributed by atoms with Crippen LogP contribution in [0, 0.1) is 0 Å². The van der Waals surface area contributed by atoms with E-state index in [1.807, 2.05) is 54.6 Å². The number of aromatic nitrogens is 1.